The second kappa shape index (κ2) is 7.17. The molecule has 0 aliphatic carbocycles. The molecule has 2 N–H and O–H groups in total. The number of para-hydroxylation sites is 1. The summed E-state index contributed by atoms with van der Waals surface area (Å²) in [4.78, 5) is 24.8. The number of nitrogens with one attached hydrogen (secondary N) is 2. The van der Waals surface area contributed by atoms with Gasteiger partial charge in [0, 0.05) is 17.0 Å². The van der Waals surface area contributed by atoms with E-state index in [0.29, 0.717) is 22.3 Å². The number of carbonyl (C=O) groups excluding carboxylic acids is 2. The van der Waals surface area contributed by atoms with Gasteiger partial charge in [0.15, 0.2) is 0 Å². The van der Waals surface area contributed by atoms with Gasteiger partial charge in [-0.3, -0.25) is 9.59 Å². The van der Waals surface area contributed by atoms with Gasteiger partial charge < -0.3 is 15.1 Å². The summed E-state index contributed by atoms with van der Waals surface area (Å²) in [5.74, 6) is -1.72. The fraction of sp³-hybridized carbons (Fsp3) is 0.158. The molecule has 0 aliphatic rings. The number of carbonyl (C=O) groups is 2. The van der Waals surface area contributed by atoms with E-state index in [0.717, 1.165) is 6.07 Å². The molecule has 3 rings (SSSR count). The van der Waals surface area contributed by atoms with Crippen LogP contribution in [0, 0.1) is 11.7 Å². The minimum absolute atomic E-state index is 0.0411. The maximum absolute atomic E-state index is 13.3. The first-order valence-corrected chi connectivity index (χ1v) is 8.33. The smallest absolute Gasteiger partial charge is 0.293 e. The van der Waals surface area contributed by atoms with E-state index >= 15 is 0 Å². The lowest BCUT2D eigenvalue weighted by Gasteiger charge is -2.09. The second-order valence-electron chi connectivity index (χ2n) is 6.03. The zero-order chi connectivity index (χ0) is 18.8. The fourth-order valence-electron chi connectivity index (χ4n) is 2.36. The fourth-order valence-corrected chi connectivity index (χ4v) is 2.54. The molecule has 134 valence electrons. The SMILES string of the molecule is CC(C)C(=O)Nc1c(C(=O)Nc2ccc(F)c(Cl)c2)oc2ccccc12. The molecule has 2 amide bonds. The summed E-state index contributed by atoms with van der Waals surface area (Å²) in [6.07, 6.45) is 0. The molecular weight excluding hydrogens is 359 g/mol. The van der Waals surface area contributed by atoms with Gasteiger partial charge in [-0.2, -0.15) is 0 Å². The van der Waals surface area contributed by atoms with Crippen LogP contribution in [0.3, 0.4) is 0 Å². The Labute approximate surface area is 154 Å². The number of halogens is 2. The summed E-state index contributed by atoms with van der Waals surface area (Å²) in [5, 5.41) is 5.84. The molecule has 0 fully saturated rings. The monoisotopic (exact) mass is 374 g/mol. The van der Waals surface area contributed by atoms with E-state index in [1.165, 1.54) is 12.1 Å². The molecule has 0 spiro atoms. The zero-order valence-corrected chi connectivity index (χ0v) is 14.9. The number of hydrogen-bond acceptors (Lipinski definition) is 3. The highest BCUT2D eigenvalue weighted by atomic mass is 35.5. The third-order valence-electron chi connectivity index (χ3n) is 3.75. The van der Waals surface area contributed by atoms with Crippen LogP contribution in [0.15, 0.2) is 46.9 Å². The number of fused-ring (bicyclic) bond motifs is 1. The minimum atomic E-state index is -0.585. The van der Waals surface area contributed by atoms with Crippen LogP contribution in [0.2, 0.25) is 5.02 Å². The minimum Gasteiger partial charge on any atom is -0.449 e. The maximum Gasteiger partial charge on any atom is 0.293 e. The molecule has 0 radical (unpaired) electrons. The molecule has 0 saturated heterocycles. The van der Waals surface area contributed by atoms with Gasteiger partial charge in [0.05, 0.1) is 5.02 Å². The molecule has 5 nitrogen and oxygen atoms in total. The molecule has 1 aromatic heterocycles. The molecule has 0 bridgehead atoms. The van der Waals surface area contributed by atoms with Gasteiger partial charge in [-0.05, 0) is 30.3 Å². The highest BCUT2D eigenvalue weighted by Gasteiger charge is 2.23. The van der Waals surface area contributed by atoms with E-state index < -0.39 is 11.7 Å². The standard InChI is InChI=1S/C19H16ClFN2O3/c1-10(2)18(24)23-16-12-5-3-4-6-15(12)26-17(16)19(25)22-11-7-8-14(21)13(20)9-11/h3-10H,1-2H3,(H,22,25)(H,23,24). The molecule has 1 heterocycles. The van der Waals surface area contributed by atoms with Gasteiger partial charge in [-0.15, -0.1) is 0 Å². The van der Waals surface area contributed by atoms with Crippen molar-refractivity contribution in [1.82, 2.24) is 0 Å². The Balaban J connectivity index is 1.98. The van der Waals surface area contributed by atoms with Crippen molar-refractivity contribution < 1.29 is 18.4 Å². The summed E-state index contributed by atoms with van der Waals surface area (Å²) < 4.78 is 18.9. The average molecular weight is 375 g/mol. The number of benzene rings is 2. The van der Waals surface area contributed by atoms with Crippen LogP contribution in [-0.2, 0) is 4.79 Å². The van der Waals surface area contributed by atoms with E-state index in [9.17, 15) is 14.0 Å². The van der Waals surface area contributed by atoms with Crippen molar-refractivity contribution in [3.05, 3.63) is 59.1 Å². The quantitative estimate of drug-likeness (QED) is 0.669. The van der Waals surface area contributed by atoms with Crippen LogP contribution in [-0.4, -0.2) is 11.8 Å². The van der Waals surface area contributed by atoms with E-state index in [1.807, 2.05) is 0 Å². The summed E-state index contributed by atoms with van der Waals surface area (Å²) in [7, 11) is 0. The Hall–Kier alpha value is -2.86. The second-order valence-corrected chi connectivity index (χ2v) is 6.44. The van der Waals surface area contributed by atoms with Crippen molar-refractivity contribution >= 4 is 45.8 Å². The summed E-state index contributed by atoms with van der Waals surface area (Å²) in [5.41, 5.74) is 1.07. The summed E-state index contributed by atoms with van der Waals surface area (Å²) in [6.45, 7) is 3.50. The lowest BCUT2D eigenvalue weighted by Crippen LogP contribution is -2.20. The van der Waals surface area contributed by atoms with Crippen molar-refractivity contribution in [2.24, 2.45) is 5.92 Å². The average Bonchev–Trinajstić information content (AvgIpc) is 2.97. The molecular formula is C19H16ClFN2O3. The van der Waals surface area contributed by atoms with Gasteiger partial charge >= 0.3 is 0 Å². The number of furan rings is 1. The van der Waals surface area contributed by atoms with Crippen molar-refractivity contribution in [3.63, 3.8) is 0 Å². The van der Waals surface area contributed by atoms with Gasteiger partial charge in [0.1, 0.15) is 17.1 Å². The molecule has 2 aromatic carbocycles. The maximum atomic E-state index is 13.3. The van der Waals surface area contributed by atoms with Crippen LogP contribution in [0.1, 0.15) is 24.4 Å². The number of amides is 2. The van der Waals surface area contributed by atoms with E-state index in [-0.39, 0.29) is 22.6 Å². The van der Waals surface area contributed by atoms with Crippen LogP contribution < -0.4 is 10.6 Å². The summed E-state index contributed by atoms with van der Waals surface area (Å²) >= 11 is 5.74. The van der Waals surface area contributed by atoms with Gasteiger partial charge in [0.25, 0.3) is 5.91 Å². The highest BCUT2D eigenvalue weighted by Crippen LogP contribution is 2.32. The molecule has 0 aliphatic heterocycles. The number of rotatable bonds is 4. The Morgan fingerprint density at radius 3 is 2.54 bits per heavy atom. The normalized spacial score (nSPS) is 11.0. The van der Waals surface area contributed by atoms with Crippen LogP contribution in [0.4, 0.5) is 15.8 Å². The lowest BCUT2D eigenvalue weighted by molar-refractivity contribution is -0.118. The van der Waals surface area contributed by atoms with Crippen LogP contribution in [0.5, 0.6) is 0 Å². The largest absolute Gasteiger partial charge is 0.449 e. The van der Waals surface area contributed by atoms with Gasteiger partial charge in [0.2, 0.25) is 11.7 Å². The van der Waals surface area contributed by atoms with E-state index in [2.05, 4.69) is 10.6 Å². The molecule has 0 atom stereocenters. The van der Waals surface area contributed by atoms with E-state index in [4.69, 9.17) is 16.0 Å². The first-order chi connectivity index (χ1) is 12.4. The molecule has 26 heavy (non-hydrogen) atoms. The summed E-state index contributed by atoms with van der Waals surface area (Å²) in [6, 6.07) is 10.8. The third-order valence-corrected chi connectivity index (χ3v) is 4.04. The van der Waals surface area contributed by atoms with Crippen LogP contribution >= 0.6 is 11.6 Å². The Morgan fingerprint density at radius 2 is 1.85 bits per heavy atom. The molecule has 0 saturated carbocycles. The van der Waals surface area contributed by atoms with E-state index in [1.54, 1.807) is 38.1 Å². The predicted octanol–water partition coefficient (Wildman–Crippen LogP) is 5.07. The van der Waals surface area contributed by atoms with Crippen LogP contribution in [0.25, 0.3) is 11.0 Å². The van der Waals surface area contributed by atoms with Crippen molar-refractivity contribution in [2.75, 3.05) is 10.6 Å². The van der Waals surface area contributed by atoms with Crippen molar-refractivity contribution in [3.8, 4) is 0 Å². The van der Waals surface area contributed by atoms with Crippen molar-refractivity contribution in [1.29, 1.82) is 0 Å². The molecule has 3 aromatic rings. The topological polar surface area (TPSA) is 71.3 Å². The number of hydrogen-bond donors (Lipinski definition) is 2. The van der Waals surface area contributed by atoms with Gasteiger partial charge in [-0.25, -0.2) is 4.39 Å². The Kier molecular flexibility index (Phi) is 4.95. The Bertz CT molecular complexity index is 998. The first-order valence-electron chi connectivity index (χ1n) is 7.95. The van der Waals surface area contributed by atoms with Gasteiger partial charge in [-0.1, -0.05) is 37.6 Å². The first kappa shape index (κ1) is 17.9. The number of anilines is 2. The third kappa shape index (κ3) is 3.55. The highest BCUT2D eigenvalue weighted by molar-refractivity contribution is 6.31. The molecule has 7 heteroatoms. The van der Waals surface area contributed by atoms with Crippen molar-refractivity contribution in [2.45, 2.75) is 13.8 Å². The molecule has 0 unspecified atom stereocenters. The zero-order valence-electron chi connectivity index (χ0n) is 14.1. The predicted molar refractivity (Wildman–Crippen MR) is 99.0 cm³/mol. The Morgan fingerprint density at radius 1 is 1.12 bits per heavy atom. The lowest BCUT2D eigenvalue weighted by atomic mass is 10.1.